The van der Waals surface area contributed by atoms with Gasteiger partial charge in [-0.2, -0.15) is 0 Å². The van der Waals surface area contributed by atoms with Crippen LogP contribution in [0.3, 0.4) is 0 Å². The molecule has 0 amide bonds. The van der Waals surface area contributed by atoms with E-state index in [2.05, 4.69) is 4.98 Å². The van der Waals surface area contributed by atoms with E-state index in [1.54, 1.807) is 66.7 Å². The highest BCUT2D eigenvalue weighted by atomic mass is 16.4. The van der Waals surface area contributed by atoms with Gasteiger partial charge in [-0.05, 0) is 60.2 Å². The van der Waals surface area contributed by atoms with Crippen LogP contribution >= 0.6 is 0 Å². The van der Waals surface area contributed by atoms with E-state index < -0.39 is 5.97 Å². The molecule has 0 spiro atoms. The molecule has 0 saturated heterocycles. The molecule has 142 valence electrons. The number of carboxylic acid groups (broad SMARTS) is 1. The third-order valence-electron chi connectivity index (χ3n) is 4.49. The molecule has 0 aliphatic heterocycles. The number of benzene rings is 3. The molecule has 0 bridgehead atoms. The van der Waals surface area contributed by atoms with Crippen molar-refractivity contribution in [2.75, 3.05) is 0 Å². The zero-order valence-corrected chi connectivity index (χ0v) is 15.2. The lowest BCUT2D eigenvalue weighted by atomic mass is 10.1. The molecular weight excluding hydrogens is 368 g/mol. The van der Waals surface area contributed by atoms with Crippen molar-refractivity contribution >= 4 is 29.0 Å². The van der Waals surface area contributed by atoms with Gasteiger partial charge in [-0.25, -0.2) is 9.78 Å². The molecule has 0 aliphatic rings. The van der Waals surface area contributed by atoms with Crippen LogP contribution in [0.2, 0.25) is 0 Å². The molecular formula is C23H16N2O4. The van der Waals surface area contributed by atoms with Gasteiger partial charge in [0.05, 0.1) is 22.2 Å². The Bertz CT molecular complexity index is 1290. The summed E-state index contributed by atoms with van der Waals surface area (Å²) in [6.07, 6.45) is 3.50. The Morgan fingerprint density at radius 3 is 2.28 bits per heavy atom. The second-order valence-corrected chi connectivity index (χ2v) is 6.40. The van der Waals surface area contributed by atoms with Gasteiger partial charge < -0.3 is 10.2 Å². The van der Waals surface area contributed by atoms with E-state index >= 15 is 0 Å². The molecule has 2 N–H and O–H groups in total. The fourth-order valence-corrected chi connectivity index (χ4v) is 3.02. The number of phenolic OH excluding ortho intramolecular Hbond substituents is 1. The molecule has 0 aliphatic carbocycles. The summed E-state index contributed by atoms with van der Waals surface area (Å²) in [6, 6.07) is 19.8. The van der Waals surface area contributed by atoms with Crippen LogP contribution in [-0.2, 0) is 0 Å². The SMILES string of the molecule is O=C(O)c1ccc(-n2c(/C=C\c3ccc(O)cc3)nc3ccccc3c2=O)cc1. The summed E-state index contributed by atoms with van der Waals surface area (Å²) >= 11 is 0. The van der Waals surface area contributed by atoms with Gasteiger partial charge in [-0.1, -0.05) is 30.3 Å². The number of fused-ring (bicyclic) bond motifs is 1. The topological polar surface area (TPSA) is 92.4 Å². The minimum Gasteiger partial charge on any atom is -0.508 e. The molecule has 0 unspecified atom stereocenters. The van der Waals surface area contributed by atoms with Crippen LogP contribution in [0.4, 0.5) is 0 Å². The lowest BCUT2D eigenvalue weighted by molar-refractivity contribution is 0.0697. The maximum Gasteiger partial charge on any atom is 0.335 e. The smallest absolute Gasteiger partial charge is 0.335 e. The van der Waals surface area contributed by atoms with Crippen molar-refractivity contribution in [3.63, 3.8) is 0 Å². The molecule has 0 fully saturated rings. The average Bonchev–Trinajstić information content (AvgIpc) is 2.73. The zero-order valence-electron chi connectivity index (χ0n) is 15.2. The van der Waals surface area contributed by atoms with Crippen molar-refractivity contribution in [1.29, 1.82) is 0 Å². The number of aromatic hydroxyl groups is 1. The summed E-state index contributed by atoms with van der Waals surface area (Å²) in [4.78, 5) is 28.9. The maximum absolute atomic E-state index is 13.2. The van der Waals surface area contributed by atoms with Gasteiger partial charge in [0.2, 0.25) is 0 Å². The molecule has 1 heterocycles. The van der Waals surface area contributed by atoms with Gasteiger partial charge in [-0.3, -0.25) is 9.36 Å². The van der Waals surface area contributed by atoms with E-state index in [0.717, 1.165) is 5.56 Å². The normalized spacial score (nSPS) is 11.2. The Labute approximate surface area is 165 Å². The highest BCUT2D eigenvalue weighted by Crippen LogP contribution is 2.17. The number of aromatic nitrogens is 2. The molecule has 1 aromatic heterocycles. The molecule has 0 atom stereocenters. The average molecular weight is 384 g/mol. The Balaban J connectivity index is 1.89. The minimum absolute atomic E-state index is 0.136. The van der Waals surface area contributed by atoms with E-state index in [-0.39, 0.29) is 16.9 Å². The van der Waals surface area contributed by atoms with Crippen LogP contribution in [-0.4, -0.2) is 25.7 Å². The van der Waals surface area contributed by atoms with Crippen molar-refractivity contribution in [1.82, 2.24) is 9.55 Å². The van der Waals surface area contributed by atoms with Gasteiger partial charge in [-0.15, -0.1) is 0 Å². The second kappa shape index (κ2) is 7.44. The van der Waals surface area contributed by atoms with Gasteiger partial charge in [0.15, 0.2) is 0 Å². The predicted molar refractivity (Wildman–Crippen MR) is 111 cm³/mol. The fourth-order valence-electron chi connectivity index (χ4n) is 3.02. The van der Waals surface area contributed by atoms with E-state index in [1.807, 2.05) is 6.07 Å². The van der Waals surface area contributed by atoms with E-state index in [4.69, 9.17) is 5.11 Å². The second-order valence-electron chi connectivity index (χ2n) is 6.40. The summed E-state index contributed by atoms with van der Waals surface area (Å²) in [6.45, 7) is 0. The van der Waals surface area contributed by atoms with E-state index in [9.17, 15) is 14.7 Å². The van der Waals surface area contributed by atoms with Gasteiger partial charge in [0.25, 0.3) is 5.56 Å². The molecule has 29 heavy (non-hydrogen) atoms. The van der Waals surface area contributed by atoms with Crippen LogP contribution in [0, 0.1) is 0 Å². The molecule has 6 nitrogen and oxygen atoms in total. The number of carbonyl (C=O) groups is 1. The van der Waals surface area contributed by atoms with Crippen molar-refractivity contribution in [2.24, 2.45) is 0 Å². The van der Waals surface area contributed by atoms with Crippen LogP contribution in [0.15, 0.2) is 77.6 Å². The quantitative estimate of drug-likeness (QED) is 0.556. The van der Waals surface area contributed by atoms with E-state index in [0.29, 0.717) is 22.4 Å². The van der Waals surface area contributed by atoms with Crippen LogP contribution < -0.4 is 5.56 Å². The zero-order chi connectivity index (χ0) is 20.4. The van der Waals surface area contributed by atoms with Gasteiger partial charge >= 0.3 is 5.97 Å². The molecule has 0 saturated carbocycles. The maximum atomic E-state index is 13.2. The minimum atomic E-state index is -1.03. The first kappa shape index (κ1) is 18.2. The summed E-state index contributed by atoms with van der Waals surface area (Å²) in [5.41, 5.74) is 1.81. The number of nitrogens with zero attached hydrogens (tertiary/aromatic N) is 2. The fraction of sp³-hybridized carbons (Fsp3) is 0. The van der Waals surface area contributed by atoms with Crippen LogP contribution in [0.5, 0.6) is 5.75 Å². The summed E-state index contributed by atoms with van der Waals surface area (Å²) in [7, 11) is 0. The van der Waals surface area contributed by atoms with Gasteiger partial charge in [0.1, 0.15) is 11.6 Å². The summed E-state index contributed by atoms with van der Waals surface area (Å²) in [5.74, 6) is -0.459. The van der Waals surface area contributed by atoms with Crippen molar-refractivity contribution < 1.29 is 15.0 Å². The third kappa shape index (κ3) is 3.64. The number of hydrogen-bond acceptors (Lipinski definition) is 4. The Hall–Kier alpha value is -4.19. The number of para-hydroxylation sites is 1. The number of rotatable bonds is 4. The Kier molecular flexibility index (Phi) is 4.66. The van der Waals surface area contributed by atoms with Crippen LogP contribution in [0.1, 0.15) is 21.7 Å². The van der Waals surface area contributed by atoms with Gasteiger partial charge in [0, 0.05) is 0 Å². The summed E-state index contributed by atoms with van der Waals surface area (Å²) in [5, 5.41) is 19.0. The van der Waals surface area contributed by atoms with Crippen molar-refractivity contribution in [3.05, 3.63) is 100 Å². The standard InChI is InChI=1S/C23H16N2O4/c26-18-12-5-15(6-13-18)7-14-21-24-20-4-2-1-3-19(20)22(27)25(21)17-10-8-16(9-11-17)23(28)29/h1-14,26H,(H,28,29)/b14-7-. The Morgan fingerprint density at radius 1 is 0.897 bits per heavy atom. The molecule has 0 radical (unpaired) electrons. The first-order valence-electron chi connectivity index (χ1n) is 8.85. The van der Waals surface area contributed by atoms with Crippen molar-refractivity contribution in [3.8, 4) is 11.4 Å². The first-order chi connectivity index (χ1) is 14.0. The largest absolute Gasteiger partial charge is 0.508 e. The molecule has 3 aromatic carbocycles. The third-order valence-corrected chi connectivity index (χ3v) is 4.49. The molecule has 6 heteroatoms. The molecule has 4 aromatic rings. The number of phenols is 1. The van der Waals surface area contributed by atoms with Crippen LogP contribution in [0.25, 0.3) is 28.7 Å². The highest BCUT2D eigenvalue weighted by molar-refractivity contribution is 5.88. The molecule has 4 rings (SSSR count). The summed E-state index contributed by atoms with van der Waals surface area (Å²) < 4.78 is 1.45. The number of hydrogen-bond donors (Lipinski definition) is 2. The monoisotopic (exact) mass is 384 g/mol. The lowest BCUT2D eigenvalue weighted by Crippen LogP contribution is -2.22. The Morgan fingerprint density at radius 2 is 1.59 bits per heavy atom. The highest BCUT2D eigenvalue weighted by Gasteiger charge is 2.12. The lowest BCUT2D eigenvalue weighted by Gasteiger charge is -2.11. The first-order valence-corrected chi connectivity index (χ1v) is 8.85. The predicted octanol–water partition coefficient (Wildman–Crippen LogP) is 3.96. The number of carboxylic acids is 1. The number of aromatic carboxylic acids is 1. The van der Waals surface area contributed by atoms with E-state index in [1.165, 1.54) is 16.7 Å². The van der Waals surface area contributed by atoms with Crippen molar-refractivity contribution in [2.45, 2.75) is 0 Å².